The second-order valence-electron chi connectivity index (χ2n) is 5.38. The molecule has 1 aliphatic heterocycles. The van der Waals surface area contributed by atoms with Crippen molar-refractivity contribution in [1.82, 2.24) is 5.32 Å². The number of carbonyl (C=O) groups excluding carboxylic acids is 1. The molecule has 2 aliphatic rings. The largest absolute Gasteiger partial charge is 0.382 e. The van der Waals surface area contributed by atoms with Gasteiger partial charge in [-0.25, -0.2) is 4.39 Å². The number of amides is 1. The van der Waals surface area contributed by atoms with Crippen LogP contribution >= 0.6 is 0 Å². The van der Waals surface area contributed by atoms with E-state index in [9.17, 15) is 9.18 Å². The molecule has 1 N–H and O–H groups in total. The highest BCUT2D eigenvalue weighted by Gasteiger charge is 2.35. The lowest BCUT2D eigenvalue weighted by molar-refractivity contribution is -0.133. The third-order valence-corrected chi connectivity index (χ3v) is 3.91. The Morgan fingerprint density at radius 3 is 2.76 bits per heavy atom. The lowest BCUT2D eigenvalue weighted by atomic mass is 9.89. The fourth-order valence-electron chi connectivity index (χ4n) is 2.50. The van der Waals surface area contributed by atoms with Crippen LogP contribution in [0.4, 0.5) is 4.39 Å². The zero-order valence-corrected chi connectivity index (χ0v) is 11.7. The van der Waals surface area contributed by atoms with Crippen LogP contribution in [-0.4, -0.2) is 37.0 Å². The van der Waals surface area contributed by atoms with Crippen molar-refractivity contribution in [3.63, 3.8) is 0 Å². The first kappa shape index (κ1) is 14.0. The van der Waals surface area contributed by atoms with Gasteiger partial charge in [-0.1, -0.05) is 17.3 Å². The summed E-state index contributed by atoms with van der Waals surface area (Å²) in [5.41, 5.74) is 1.44. The normalized spacial score (nSPS) is 27.5. The Hall–Kier alpha value is -1.95. The van der Waals surface area contributed by atoms with E-state index in [1.54, 1.807) is 19.2 Å². The van der Waals surface area contributed by atoms with Crippen LogP contribution in [-0.2, 0) is 14.4 Å². The summed E-state index contributed by atoms with van der Waals surface area (Å²) in [5, 5.41) is 6.86. The van der Waals surface area contributed by atoms with Crippen molar-refractivity contribution in [3.05, 3.63) is 35.6 Å². The summed E-state index contributed by atoms with van der Waals surface area (Å²) in [7, 11) is 1.67. The zero-order valence-electron chi connectivity index (χ0n) is 11.7. The average Bonchev–Trinajstić information content (AvgIpc) is 2.92. The molecule has 1 aromatic carbocycles. The van der Waals surface area contributed by atoms with Gasteiger partial charge in [0.1, 0.15) is 5.82 Å². The Bertz CT molecular complexity index is 553. The van der Waals surface area contributed by atoms with Crippen molar-refractivity contribution in [2.75, 3.05) is 7.11 Å². The number of benzene rings is 1. The summed E-state index contributed by atoms with van der Waals surface area (Å²) in [6, 6.07) is 6.15. The van der Waals surface area contributed by atoms with Crippen molar-refractivity contribution in [1.29, 1.82) is 0 Å². The van der Waals surface area contributed by atoms with Gasteiger partial charge in [0.05, 0.1) is 11.8 Å². The molecule has 1 fully saturated rings. The van der Waals surface area contributed by atoms with Crippen LogP contribution in [0.15, 0.2) is 29.4 Å². The zero-order chi connectivity index (χ0) is 14.8. The standard InChI is InChI=1S/C15H17FN2O3/c1-20-12-6-11(7-12)17-15(19)14-8-13(18-21-14)9-2-4-10(16)5-3-9/h2-5,11-12,14H,6-8H2,1H3,(H,17,19). The van der Waals surface area contributed by atoms with Gasteiger partial charge in [0.2, 0.25) is 6.10 Å². The summed E-state index contributed by atoms with van der Waals surface area (Å²) in [6.07, 6.45) is 1.71. The highest BCUT2D eigenvalue weighted by Crippen LogP contribution is 2.23. The van der Waals surface area contributed by atoms with Gasteiger partial charge in [-0.05, 0) is 30.5 Å². The summed E-state index contributed by atoms with van der Waals surface area (Å²) in [5.74, 6) is -0.458. The van der Waals surface area contributed by atoms with Crippen molar-refractivity contribution >= 4 is 11.6 Å². The molecule has 0 bridgehead atoms. The maximum atomic E-state index is 12.9. The predicted molar refractivity (Wildman–Crippen MR) is 74.4 cm³/mol. The van der Waals surface area contributed by atoms with Gasteiger partial charge in [0.25, 0.3) is 5.91 Å². The van der Waals surface area contributed by atoms with Crippen LogP contribution in [0.5, 0.6) is 0 Å². The number of ether oxygens (including phenoxy) is 1. The van der Waals surface area contributed by atoms with Gasteiger partial charge >= 0.3 is 0 Å². The molecule has 1 aromatic rings. The topological polar surface area (TPSA) is 59.9 Å². The van der Waals surface area contributed by atoms with E-state index in [-0.39, 0.29) is 23.9 Å². The second-order valence-corrected chi connectivity index (χ2v) is 5.38. The number of methoxy groups -OCH3 is 1. The Morgan fingerprint density at radius 1 is 1.38 bits per heavy atom. The molecule has 1 atom stereocenters. The van der Waals surface area contributed by atoms with Crippen LogP contribution in [0, 0.1) is 5.82 Å². The van der Waals surface area contributed by atoms with E-state index >= 15 is 0 Å². The highest BCUT2D eigenvalue weighted by atomic mass is 19.1. The summed E-state index contributed by atoms with van der Waals surface area (Å²) in [6.45, 7) is 0. The Morgan fingerprint density at radius 2 is 2.10 bits per heavy atom. The van der Waals surface area contributed by atoms with Crippen molar-refractivity contribution < 1.29 is 18.8 Å². The minimum atomic E-state index is -0.605. The second kappa shape index (κ2) is 5.81. The van der Waals surface area contributed by atoms with E-state index in [0.29, 0.717) is 12.1 Å². The monoisotopic (exact) mass is 292 g/mol. The van der Waals surface area contributed by atoms with Gasteiger partial charge in [-0.3, -0.25) is 4.79 Å². The van der Waals surface area contributed by atoms with E-state index in [1.807, 2.05) is 0 Å². The third-order valence-electron chi connectivity index (χ3n) is 3.91. The highest BCUT2D eigenvalue weighted by molar-refractivity contribution is 6.04. The summed E-state index contributed by atoms with van der Waals surface area (Å²) < 4.78 is 18.1. The molecule has 0 aromatic heterocycles. The first-order chi connectivity index (χ1) is 10.2. The predicted octanol–water partition coefficient (Wildman–Crippen LogP) is 1.61. The van der Waals surface area contributed by atoms with E-state index in [1.165, 1.54) is 12.1 Å². The molecular weight excluding hydrogens is 275 g/mol. The first-order valence-electron chi connectivity index (χ1n) is 6.97. The Kier molecular flexibility index (Phi) is 3.88. The number of nitrogens with zero attached hydrogens (tertiary/aromatic N) is 1. The van der Waals surface area contributed by atoms with Gasteiger partial charge < -0.3 is 14.9 Å². The molecule has 112 valence electrons. The van der Waals surface area contributed by atoms with Crippen LogP contribution in [0.2, 0.25) is 0 Å². The quantitative estimate of drug-likeness (QED) is 0.917. The van der Waals surface area contributed by atoms with E-state index < -0.39 is 6.10 Å². The van der Waals surface area contributed by atoms with Crippen molar-refractivity contribution in [2.45, 2.75) is 37.5 Å². The van der Waals surface area contributed by atoms with Crippen LogP contribution < -0.4 is 5.32 Å². The molecule has 1 saturated carbocycles. The van der Waals surface area contributed by atoms with Crippen LogP contribution in [0.1, 0.15) is 24.8 Å². The van der Waals surface area contributed by atoms with Crippen LogP contribution in [0.3, 0.4) is 0 Å². The van der Waals surface area contributed by atoms with Crippen LogP contribution in [0.25, 0.3) is 0 Å². The Balaban J connectivity index is 1.51. The fourth-order valence-corrected chi connectivity index (χ4v) is 2.50. The lowest BCUT2D eigenvalue weighted by Gasteiger charge is -2.34. The maximum absolute atomic E-state index is 12.9. The Labute approximate surface area is 122 Å². The SMILES string of the molecule is COC1CC(NC(=O)C2CC(c3ccc(F)cc3)=NO2)C1. The number of hydrogen-bond donors (Lipinski definition) is 1. The third kappa shape index (κ3) is 3.05. The molecule has 0 radical (unpaired) electrons. The number of rotatable bonds is 4. The van der Waals surface area contributed by atoms with E-state index in [2.05, 4.69) is 10.5 Å². The molecule has 0 spiro atoms. The fraction of sp³-hybridized carbons (Fsp3) is 0.467. The number of halogens is 1. The van der Waals surface area contributed by atoms with Gasteiger partial charge in [-0.15, -0.1) is 0 Å². The smallest absolute Gasteiger partial charge is 0.264 e. The van der Waals surface area contributed by atoms with Gasteiger partial charge in [0.15, 0.2) is 0 Å². The van der Waals surface area contributed by atoms with Crippen molar-refractivity contribution in [2.24, 2.45) is 5.16 Å². The molecule has 1 heterocycles. The van der Waals surface area contributed by atoms with E-state index in [0.717, 1.165) is 18.4 Å². The molecular formula is C15H17FN2O3. The summed E-state index contributed by atoms with van der Waals surface area (Å²) in [4.78, 5) is 17.2. The summed E-state index contributed by atoms with van der Waals surface area (Å²) >= 11 is 0. The maximum Gasteiger partial charge on any atom is 0.264 e. The number of oxime groups is 1. The van der Waals surface area contributed by atoms with Gasteiger partial charge in [0, 0.05) is 19.6 Å². The molecule has 1 amide bonds. The average molecular weight is 292 g/mol. The molecule has 21 heavy (non-hydrogen) atoms. The first-order valence-corrected chi connectivity index (χ1v) is 6.97. The van der Waals surface area contributed by atoms with Gasteiger partial charge in [-0.2, -0.15) is 0 Å². The molecule has 0 saturated heterocycles. The minimum absolute atomic E-state index is 0.154. The molecule has 5 nitrogen and oxygen atoms in total. The molecule has 3 rings (SSSR count). The number of nitrogens with one attached hydrogen (secondary N) is 1. The molecule has 6 heteroatoms. The van der Waals surface area contributed by atoms with E-state index in [4.69, 9.17) is 9.57 Å². The van der Waals surface area contributed by atoms with Crippen molar-refractivity contribution in [3.8, 4) is 0 Å². The number of carbonyl (C=O) groups is 1. The lowest BCUT2D eigenvalue weighted by Crippen LogP contribution is -2.50. The number of hydrogen-bond acceptors (Lipinski definition) is 4. The molecule has 1 aliphatic carbocycles. The molecule has 1 unspecified atom stereocenters. The minimum Gasteiger partial charge on any atom is -0.382 e.